The van der Waals surface area contributed by atoms with E-state index in [1.54, 1.807) is 7.11 Å². The second-order valence-electron chi connectivity index (χ2n) is 6.24. The lowest BCUT2D eigenvalue weighted by Gasteiger charge is -2.35. The Balaban J connectivity index is 1.89. The zero-order valence-electron chi connectivity index (χ0n) is 14.4. The van der Waals surface area contributed by atoms with E-state index in [1.807, 2.05) is 36.9 Å². The molecule has 0 bridgehead atoms. The van der Waals surface area contributed by atoms with Crippen molar-refractivity contribution >= 4 is 5.91 Å². The molecule has 0 unspecified atom stereocenters. The average molecular weight is 320 g/mol. The second kappa shape index (κ2) is 8.31. The van der Waals surface area contributed by atoms with Crippen LogP contribution in [0.5, 0.6) is 5.75 Å². The lowest BCUT2D eigenvalue weighted by atomic mass is 10.1. The Bertz CT molecular complexity index is 525. The molecule has 128 valence electrons. The highest BCUT2D eigenvalue weighted by Gasteiger charge is 2.23. The van der Waals surface area contributed by atoms with Gasteiger partial charge in [0.25, 0.3) is 0 Å². The van der Waals surface area contributed by atoms with E-state index < -0.39 is 0 Å². The molecule has 1 aliphatic rings. The van der Waals surface area contributed by atoms with Crippen molar-refractivity contribution in [3.05, 3.63) is 29.3 Å². The van der Waals surface area contributed by atoms with E-state index >= 15 is 0 Å². The molecule has 1 N–H and O–H groups in total. The van der Waals surface area contributed by atoms with Gasteiger partial charge in [0, 0.05) is 38.3 Å². The van der Waals surface area contributed by atoms with Gasteiger partial charge in [-0.05, 0) is 19.4 Å². The molecule has 1 aromatic rings. The molecule has 23 heavy (non-hydrogen) atoms. The van der Waals surface area contributed by atoms with Gasteiger partial charge in [-0.2, -0.15) is 0 Å². The summed E-state index contributed by atoms with van der Waals surface area (Å²) in [5.74, 6) is 0.915. The van der Waals surface area contributed by atoms with E-state index in [2.05, 4.69) is 4.90 Å². The molecule has 1 saturated heterocycles. The Morgan fingerprint density at radius 2 is 2.00 bits per heavy atom. The summed E-state index contributed by atoms with van der Waals surface area (Å²) < 4.78 is 5.35. The van der Waals surface area contributed by atoms with Crippen LogP contribution in [0.2, 0.25) is 0 Å². The van der Waals surface area contributed by atoms with Crippen molar-refractivity contribution in [3.63, 3.8) is 0 Å². The van der Waals surface area contributed by atoms with E-state index in [-0.39, 0.29) is 12.0 Å². The predicted molar refractivity (Wildman–Crippen MR) is 90.8 cm³/mol. The maximum Gasteiger partial charge on any atom is 0.227 e. The molecule has 1 atom stereocenters. The third-order valence-corrected chi connectivity index (χ3v) is 4.44. The maximum atomic E-state index is 12.5. The van der Waals surface area contributed by atoms with E-state index in [4.69, 9.17) is 4.74 Å². The van der Waals surface area contributed by atoms with Gasteiger partial charge in [-0.25, -0.2) is 0 Å². The third kappa shape index (κ3) is 4.94. The number of hydrogen-bond acceptors (Lipinski definition) is 4. The van der Waals surface area contributed by atoms with E-state index in [0.717, 1.165) is 49.5 Å². The molecule has 0 aliphatic carbocycles. The Labute approximate surface area is 138 Å². The Kier molecular flexibility index (Phi) is 6.42. The zero-order valence-corrected chi connectivity index (χ0v) is 14.4. The van der Waals surface area contributed by atoms with Crippen molar-refractivity contribution < 1.29 is 14.6 Å². The summed E-state index contributed by atoms with van der Waals surface area (Å²) in [5.41, 5.74) is 2.08. The first kappa shape index (κ1) is 17.8. The molecule has 1 aromatic carbocycles. The number of hydrogen-bond donors (Lipinski definition) is 1. The summed E-state index contributed by atoms with van der Waals surface area (Å²) in [7, 11) is 1.64. The topological polar surface area (TPSA) is 53.0 Å². The largest absolute Gasteiger partial charge is 0.496 e. The van der Waals surface area contributed by atoms with Crippen molar-refractivity contribution in [2.45, 2.75) is 32.8 Å². The minimum atomic E-state index is -0.270. The number of piperazine rings is 1. The quantitative estimate of drug-likeness (QED) is 0.862. The third-order valence-electron chi connectivity index (χ3n) is 4.44. The lowest BCUT2D eigenvalue weighted by molar-refractivity contribution is -0.132. The van der Waals surface area contributed by atoms with Gasteiger partial charge in [0.2, 0.25) is 5.91 Å². The van der Waals surface area contributed by atoms with Crippen LogP contribution in [0.25, 0.3) is 0 Å². The fourth-order valence-corrected chi connectivity index (χ4v) is 2.93. The Morgan fingerprint density at radius 3 is 2.61 bits per heavy atom. The molecule has 0 radical (unpaired) electrons. The van der Waals surface area contributed by atoms with Crippen molar-refractivity contribution in [1.82, 2.24) is 9.80 Å². The number of rotatable bonds is 6. The van der Waals surface area contributed by atoms with Crippen LogP contribution in [0.4, 0.5) is 0 Å². The van der Waals surface area contributed by atoms with Gasteiger partial charge in [-0.1, -0.05) is 24.6 Å². The summed E-state index contributed by atoms with van der Waals surface area (Å²) in [5, 5.41) is 9.73. The van der Waals surface area contributed by atoms with Gasteiger partial charge in [0.1, 0.15) is 5.75 Å². The molecule has 0 spiro atoms. The van der Waals surface area contributed by atoms with Gasteiger partial charge in [0.15, 0.2) is 0 Å². The highest BCUT2D eigenvalue weighted by molar-refractivity contribution is 5.79. The first-order chi connectivity index (χ1) is 11.0. The van der Waals surface area contributed by atoms with Crippen LogP contribution in [0, 0.1) is 6.92 Å². The number of carbonyl (C=O) groups is 1. The number of β-amino-alcohol motifs (C(OH)–C–C–N with tert-alkyl or cyclic N) is 1. The molecule has 1 heterocycles. The van der Waals surface area contributed by atoms with Crippen LogP contribution in [-0.2, 0) is 11.2 Å². The normalized spacial score (nSPS) is 17.1. The van der Waals surface area contributed by atoms with Crippen molar-refractivity contribution in [2.75, 3.05) is 39.8 Å². The van der Waals surface area contributed by atoms with Gasteiger partial charge in [0.05, 0.1) is 19.6 Å². The molecule has 0 aromatic heterocycles. The first-order valence-electron chi connectivity index (χ1n) is 8.35. The summed E-state index contributed by atoms with van der Waals surface area (Å²) >= 11 is 0. The monoisotopic (exact) mass is 320 g/mol. The number of nitrogens with zero attached hydrogens (tertiary/aromatic N) is 2. The fraction of sp³-hybridized carbons (Fsp3) is 0.611. The van der Waals surface area contributed by atoms with Gasteiger partial charge >= 0.3 is 0 Å². The summed E-state index contributed by atoms with van der Waals surface area (Å²) in [6.45, 7) is 7.81. The minimum absolute atomic E-state index is 0.143. The maximum absolute atomic E-state index is 12.5. The molecule has 1 amide bonds. The van der Waals surface area contributed by atoms with Crippen LogP contribution >= 0.6 is 0 Å². The number of ether oxygens (including phenoxy) is 1. The lowest BCUT2D eigenvalue weighted by Crippen LogP contribution is -2.50. The summed E-state index contributed by atoms with van der Waals surface area (Å²) in [4.78, 5) is 16.7. The zero-order chi connectivity index (χ0) is 16.8. The number of amides is 1. The average Bonchev–Trinajstić information content (AvgIpc) is 2.55. The summed E-state index contributed by atoms with van der Waals surface area (Å²) in [6, 6.07) is 5.93. The number of aliphatic hydroxyl groups is 1. The number of aliphatic hydroxyl groups excluding tert-OH is 1. The highest BCUT2D eigenvalue weighted by Crippen LogP contribution is 2.21. The SMILES string of the molecule is CC[C@@H](O)CN1CCN(C(=O)Cc2cc(C)ccc2OC)CC1. The molecular formula is C18H28N2O3. The van der Waals surface area contributed by atoms with E-state index in [9.17, 15) is 9.90 Å². The standard InChI is InChI=1S/C18H28N2O3/c1-4-16(21)13-19-7-9-20(10-8-19)18(22)12-15-11-14(2)5-6-17(15)23-3/h5-6,11,16,21H,4,7-10,12-13H2,1-3H3/t16-/m1/s1. The van der Waals surface area contributed by atoms with Crippen molar-refractivity contribution in [1.29, 1.82) is 0 Å². The van der Waals surface area contributed by atoms with Crippen LogP contribution < -0.4 is 4.74 Å². The minimum Gasteiger partial charge on any atom is -0.496 e. The predicted octanol–water partition coefficient (Wildman–Crippen LogP) is 1.46. The fourth-order valence-electron chi connectivity index (χ4n) is 2.93. The van der Waals surface area contributed by atoms with Crippen molar-refractivity contribution in [2.24, 2.45) is 0 Å². The summed E-state index contributed by atoms with van der Waals surface area (Å²) in [6.07, 6.45) is 0.878. The molecular weight excluding hydrogens is 292 g/mol. The Hall–Kier alpha value is -1.59. The number of benzene rings is 1. The molecule has 1 fully saturated rings. The van der Waals surface area contributed by atoms with E-state index in [0.29, 0.717) is 13.0 Å². The number of aryl methyl sites for hydroxylation is 1. The second-order valence-corrected chi connectivity index (χ2v) is 6.24. The van der Waals surface area contributed by atoms with Crippen LogP contribution in [-0.4, -0.2) is 66.8 Å². The van der Waals surface area contributed by atoms with Gasteiger partial charge < -0.3 is 14.7 Å². The van der Waals surface area contributed by atoms with E-state index in [1.165, 1.54) is 0 Å². The van der Waals surface area contributed by atoms with Crippen LogP contribution in [0.3, 0.4) is 0 Å². The molecule has 0 saturated carbocycles. The highest BCUT2D eigenvalue weighted by atomic mass is 16.5. The van der Waals surface area contributed by atoms with Crippen LogP contribution in [0.15, 0.2) is 18.2 Å². The van der Waals surface area contributed by atoms with Gasteiger partial charge in [-0.3, -0.25) is 9.69 Å². The smallest absolute Gasteiger partial charge is 0.227 e. The van der Waals surface area contributed by atoms with Crippen molar-refractivity contribution in [3.8, 4) is 5.75 Å². The molecule has 1 aliphatic heterocycles. The van der Waals surface area contributed by atoms with Crippen LogP contribution in [0.1, 0.15) is 24.5 Å². The number of carbonyl (C=O) groups excluding carboxylic acids is 1. The Morgan fingerprint density at radius 1 is 1.30 bits per heavy atom. The molecule has 5 heteroatoms. The molecule has 2 rings (SSSR count). The first-order valence-corrected chi connectivity index (χ1v) is 8.35. The van der Waals surface area contributed by atoms with Gasteiger partial charge in [-0.15, -0.1) is 0 Å². The molecule has 5 nitrogen and oxygen atoms in total. The number of methoxy groups -OCH3 is 1.